The summed E-state index contributed by atoms with van der Waals surface area (Å²) in [6.07, 6.45) is 0. The number of nitrogens with zero attached hydrogens (tertiary/aromatic N) is 1. The molecule has 2 aromatic carbocycles. The minimum atomic E-state index is -0.229. The highest BCUT2D eigenvalue weighted by Crippen LogP contribution is 2.34. The molecule has 0 saturated carbocycles. The highest BCUT2D eigenvalue weighted by molar-refractivity contribution is 7.22. The molecule has 0 atom stereocenters. The number of hydrogen-bond donors (Lipinski definition) is 2. The number of aryl methyl sites for hydroxylation is 2. The average Bonchev–Trinajstić information content (AvgIpc) is 2.91. The topological polar surface area (TPSA) is 77.2 Å². The van der Waals surface area contributed by atoms with Crippen molar-refractivity contribution in [2.75, 3.05) is 17.7 Å². The van der Waals surface area contributed by atoms with Crippen molar-refractivity contribution in [2.24, 2.45) is 0 Å². The van der Waals surface area contributed by atoms with E-state index >= 15 is 0 Å². The van der Waals surface area contributed by atoms with Gasteiger partial charge < -0.3 is 15.8 Å². The van der Waals surface area contributed by atoms with E-state index in [4.69, 9.17) is 22.1 Å². The molecule has 0 aliphatic carbocycles. The van der Waals surface area contributed by atoms with Crippen molar-refractivity contribution < 1.29 is 9.53 Å². The first-order valence-corrected chi connectivity index (χ1v) is 8.48. The molecule has 24 heavy (non-hydrogen) atoms. The third-order valence-electron chi connectivity index (χ3n) is 3.58. The Morgan fingerprint density at radius 1 is 1.33 bits per heavy atom. The number of nitrogens with two attached hydrogens (primary N) is 1. The molecule has 0 radical (unpaired) electrons. The summed E-state index contributed by atoms with van der Waals surface area (Å²) in [5.41, 5.74) is 9.29. The number of nitrogens with one attached hydrogen (secondary N) is 1. The third kappa shape index (κ3) is 3.44. The van der Waals surface area contributed by atoms with Crippen LogP contribution in [0.1, 0.15) is 11.1 Å². The van der Waals surface area contributed by atoms with Crippen LogP contribution < -0.4 is 15.8 Å². The Morgan fingerprint density at radius 2 is 2.04 bits per heavy atom. The fraction of sp³-hybridized carbons (Fsp3) is 0.176. The normalized spacial score (nSPS) is 10.8. The van der Waals surface area contributed by atoms with Gasteiger partial charge in [-0.1, -0.05) is 22.9 Å². The molecule has 0 fully saturated rings. The maximum atomic E-state index is 12.2. The van der Waals surface area contributed by atoms with Gasteiger partial charge in [-0.2, -0.15) is 0 Å². The molecule has 5 nitrogen and oxygen atoms in total. The van der Waals surface area contributed by atoms with E-state index in [1.54, 1.807) is 24.3 Å². The number of aromatic nitrogens is 1. The second-order valence-electron chi connectivity index (χ2n) is 5.38. The fourth-order valence-corrected chi connectivity index (χ4v) is 3.39. The van der Waals surface area contributed by atoms with E-state index in [0.717, 1.165) is 27.0 Å². The summed E-state index contributed by atoms with van der Waals surface area (Å²) in [4.78, 5) is 16.5. The Bertz CT molecular complexity index is 906. The first-order chi connectivity index (χ1) is 11.4. The van der Waals surface area contributed by atoms with Crippen LogP contribution >= 0.6 is 22.9 Å². The van der Waals surface area contributed by atoms with Gasteiger partial charge in [0, 0.05) is 10.7 Å². The Balaban J connectivity index is 1.74. The number of carbonyl (C=O) groups excluding carboxylic acids is 1. The summed E-state index contributed by atoms with van der Waals surface area (Å²) >= 11 is 7.23. The number of amides is 1. The van der Waals surface area contributed by atoms with Gasteiger partial charge in [-0.15, -0.1) is 0 Å². The van der Waals surface area contributed by atoms with E-state index < -0.39 is 0 Å². The number of carbonyl (C=O) groups is 1. The summed E-state index contributed by atoms with van der Waals surface area (Å²) in [5.74, 6) is 0.363. The molecule has 1 aromatic heterocycles. The molecule has 0 unspecified atom stereocenters. The molecule has 0 saturated heterocycles. The molecule has 124 valence electrons. The van der Waals surface area contributed by atoms with Crippen LogP contribution in [0, 0.1) is 13.8 Å². The minimum Gasteiger partial charge on any atom is -0.484 e. The van der Waals surface area contributed by atoms with Gasteiger partial charge >= 0.3 is 0 Å². The van der Waals surface area contributed by atoms with E-state index in [0.29, 0.717) is 15.9 Å². The van der Waals surface area contributed by atoms with Crippen LogP contribution in [0.25, 0.3) is 10.2 Å². The van der Waals surface area contributed by atoms with Crippen molar-refractivity contribution in [1.29, 1.82) is 0 Å². The van der Waals surface area contributed by atoms with Crippen LogP contribution in [0.4, 0.5) is 10.8 Å². The lowest BCUT2D eigenvalue weighted by Gasteiger charge is -2.13. The van der Waals surface area contributed by atoms with Crippen molar-refractivity contribution in [1.82, 2.24) is 4.98 Å². The monoisotopic (exact) mass is 361 g/mol. The van der Waals surface area contributed by atoms with Gasteiger partial charge in [0.15, 0.2) is 11.7 Å². The molecule has 7 heteroatoms. The highest BCUT2D eigenvalue weighted by atomic mass is 35.5. The zero-order valence-electron chi connectivity index (χ0n) is 13.2. The quantitative estimate of drug-likeness (QED) is 0.731. The summed E-state index contributed by atoms with van der Waals surface area (Å²) in [5, 5.41) is 4.05. The van der Waals surface area contributed by atoms with E-state index in [1.165, 1.54) is 11.3 Å². The summed E-state index contributed by atoms with van der Waals surface area (Å²) < 4.78 is 6.44. The standard InChI is InChI=1S/C17H16ClN3O2S/c1-9-7-13-16(24-17(19)20-13)10(2)15(9)21-14(22)8-23-12-5-3-11(18)4-6-12/h3-7H,8H2,1-2H3,(H2,19,20)(H,21,22). The molecule has 1 heterocycles. The van der Waals surface area contributed by atoms with Crippen LogP contribution in [-0.4, -0.2) is 17.5 Å². The van der Waals surface area contributed by atoms with Crippen LogP contribution in [0.15, 0.2) is 30.3 Å². The molecule has 0 bridgehead atoms. The number of benzene rings is 2. The molecule has 0 aliphatic heterocycles. The van der Waals surface area contributed by atoms with Crippen LogP contribution in [-0.2, 0) is 4.79 Å². The highest BCUT2D eigenvalue weighted by Gasteiger charge is 2.14. The van der Waals surface area contributed by atoms with Crippen molar-refractivity contribution in [2.45, 2.75) is 13.8 Å². The molecule has 3 rings (SSSR count). The smallest absolute Gasteiger partial charge is 0.262 e. The van der Waals surface area contributed by atoms with Gasteiger partial charge in [0.05, 0.1) is 10.2 Å². The number of fused-ring (bicyclic) bond motifs is 1. The van der Waals surface area contributed by atoms with Crippen LogP contribution in [0.3, 0.4) is 0 Å². The number of ether oxygens (including phenoxy) is 1. The van der Waals surface area contributed by atoms with E-state index in [-0.39, 0.29) is 12.5 Å². The molecule has 1 amide bonds. The first kappa shape index (κ1) is 16.5. The number of halogens is 1. The van der Waals surface area contributed by atoms with Gasteiger partial charge in [0.1, 0.15) is 5.75 Å². The van der Waals surface area contributed by atoms with E-state index in [2.05, 4.69) is 10.3 Å². The van der Waals surface area contributed by atoms with Gasteiger partial charge in [-0.05, 0) is 55.3 Å². The van der Waals surface area contributed by atoms with Crippen LogP contribution in [0.5, 0.6) is 5.75 Å². The molecule has 0 spiro atoms. The lowest BCUT2D eigenvalue weighted by molar-refractivity contribution is -0.118. The third-order valence-corrected chi connectivity index (χ3v) is 4.85. The zero-order valence-corrected chi connectivity index (χ0v) is 14.8. The molecule has 3 aromatic rings. The van der Waals surface area contributed by atoms with E-state index in [9.17, 15) is 4.79 Å². The molecular formula is C17H16ClN3O2S. The number of hydrogen-bond acceptors (Lipinski definition) is 5. The molecular weight excluding hydrogens is 346 g/mol. The number of nitrogen functional groups attached to an aromatic ring is 1. The zero-order chi connectivity index (χ0) is 17.3. The lowest BCUT2D eigenvalue weighted by atomic mass is 10.1. The minimum absolute atomic E-state index is 0.0800. The summed E-state index contributed by atoms with van der Waals surface area (Å²) in [6, 6.07) is 8.79. The second kappa shape index (κ2) is 6.67. The largest absolute Gasteiger partial charge is 0.484 e. The number of anilines is 2. The Morgan fingerprint density at radius 3 is 2.75 bits per heavy atom. The van der Waals surface area contributed by atoms with Crippen molar-refractivity contribution >= 4 is 49.9 Å². The van der Waals surface area contributed by atoms with E-state index in [1.807, 2.05) is 19.9 Å². The second-order valence-corrected chi connectivity index (χ2v) is 6.85. The maximum Gasteiger partial charge on any atom is 0.262 e. The van der Waals surface area contributed by atoms with Crippen molar-refractivity contribution in [3.05, 3.63) is 46.5 Å². The maximum absolute atomic E-state index is 12.2. The van der Waals surface area contributed by atoms with Gasteiger partial charge in [0.25, 0.3) is 5.91 Å². The van der Waals surface area contributed by atoms with Crippen molar-refractivity contribution in [3.8, 4) is 5.75 Å². The van der Waals surface area contributed by atoms with Gasteiger partial charge in [-0.3, -0.25) is 4.79 Å². The first-order valence-electron chi connectivity index (χ1n) is 7.28. The summed E-state index contributed by atoms with van der Waals surface area (Å²) in [6.45, 7) is 3.80. The van der Waals surface area contributed by atoms with Crippen molar-refractivity contribution in [3.63, 3.8) is 0 Å². The predicted octanol–water partition coefficient (Wildman–Crippen LogP) is 4.17. The molecule has 0 aliphatic rings. The fourth-order valence-electron chi connectivity index (χ4n) is 2.45. The number of rotatable bonds is 4. The molecule has 3 N–H and O–H groups in total. The summed E-state index contributed by atoms with van der Waals surface area (Å²) in [7, 11) is 0. The SMILES string of the molecule is Cc1cc2nc(N)sc2c(C)c1NC(=O)COc1ccc(Cl)cc1. The lowest BCUT2D eigenvalue weighted by Crippen LogP contribution is -2.21. The Kier molecular flexibility index (Phi) is 4.59. The predicted molar refractivity (Wildman–Crippen MR) is 99.1 cm³/mol. The van der Waals surface area contributed by atoms with Crippen LogP contribution in [0.2, 0.25) is 5.02 Å². The number of thiazole rings is 1. The Labute approximate surface area is 148 Å². The average molecular weight is 362 g/mol. The van der Waals surface area contributed by atoms with Gasteiger partial charge in [-0.25, -0.2) is 4.98 Å². The Hall–Kier alpha value is -2.31. The van der Waals surface area contributed by atoms with Gasteiger partial charge in [0.2, 0.25) is 0 Å².